The van der Waals surface area contributed by atoms with E-state index in [-0.39, 0.29) is 0 Å². The van der Waals surface area contributed by atoms with Gasteiger partial charge in [-0.05, 0) is 88.8 Å². The number of aromatic amines is 1. The second kappa shape index (κ2) is 9.18. The molecule has 7 heteroatoms. The van der Waals surface area contributed by atoms with Crippen molar-refractivity contribution < 1.29 is 5.11 Å². The molecule has 1 aliphatic rings. The van der Waals surface area contributed by atoms with Gasteiger partial charge in [0.05, 0.1) is 23.0 Å². The summed E-state index contributed by atoms with van der Waals surface area (Å²) in [5.41, 5.74) is 8.72. The molecule has 192 valence electrons. The molecule has 0 saturated carbocycles. The van der Waals surface area contributed by atoms with Gasteiger partial charge in [0.2, 0.25) is 0 Å². The van der Waals surface area contributed by atoms with Crippen molar-refractivity contribution in [2.24, 2.45) is 5.92 Å². The molecular formula is C29H40N6O. The summed E-state index contributed by atoms with van der Waals surface area (Å²) in [6, 6.07) is 0. The lowest BCUT2D eigenvalue weighted by molar-refractivity contribution is 0.0621. The van der Waals surface area contributed by atoms with Crippen molar-refractivity contribution in [3.63, 3.8) is 0 Å². The lowest BCUT2D eigenvalue weighted by Crippen LogP contribution is -2.35. The largest absolute Gasteiger partial charge is 0.390 e. The van der Waals surface area contributed by atoms with Gasteiger partial charge in [-0.25, -0.2) is 14.5 Å². The number of pyridine rings is 2. The van der Waals surface area contributed by atoms with Crippen LogP contribution in [0.15, 0.2) is 18.7 Å². The van der Waals surface area contributed by atoms with Crippen LogP contribution in [0.4, 0.5) is 5.82 Å². The zero-order chi connectivity index (χ0) is 25.8. The van der Waals surface area contributed by atoms with Crippen LogP contribution >= 0.6 is 0 Å². The van der Waals surface area contributed by atoms with Crippen molar-refractivity contribution >= 4 is 22.4 Å². The first-order valence-electron chi connectivity index (χ1n) is 13.3. The number of H-pyrrole nitrogens is 1. The van der Waals surface area contributed by atoms with Crippen molar-refractivity contribution in [3.05, 3.63) is 41.0 Å². The minimum absolute atomic E-state index is 0.349. The number of anilines is 1. The summed E-state index contributed by atoms with van der Waals surface area (Å²) in [4.78, 5) is 15.6. The first kappa shape index (κ1) is 24.8. The average molecular weight is 489 g/mol. The zero-order valence-corrected chi connectivity index (χ0v) is 22.8. The lowest BCUT2D eigenvalue weighted by Gasteiger charge is -2.34. The topological polar surface area (TPSA) is 82.3 Å². The number of aryl methyl sites for hydroxylation is 2. The molecule has 1 saturated heterocycles. The van der Waals surface area contributed by atoms with Crippen LogP contribution in [0.25, 0.3) is 27.8 Å². The molecule has 4 aromatic heterocycles. The van der Waals surface area contributed by atoms with Crippen LogP contribution < -0.4 is 4.90 Å². The molecule has 2 N–H and O–H groups in total. The van der Waals surface area contributed by atoms with Crippen molar-refractivity contribution in [2.75, 3.05) is 18.0 Å². The highest BCUT2D eigenvalue weighted by Crippen LogP contribution is 2.41. The SMILES string of the molecule is Cc1c(-c2[nH]c3cnc(N4CCC(CCC(C)(C)O)CC4)c(C)c3c2C(C)C)cn2ncnc2c1C. The quantitative estimate of drug-likeness (QED) is 0.343. The standard InChI is InChI=1S/C29H40N6O/c1-17(2)24-25-20(5)27(34-12-9-21(10-13-34)8-11-29(6,7)36)30-14-23(25)33-26(24)22-15-35-28(31-16-32-35)19(4)18(22)3/h14-17,21,33,36H,8-13H2,1-7H3. The molecule has 7 nitrogen and oxygen atoms in total. The molecule has 0 unspecified atom stereocenters. The van der Waals surface area contributed by atoms with Crippen molar-refractivity contribution in [2.45, 2.75) is 85.7 Å². The summed E-state index contributed by atoms with van der Waals surface area (Å²) in [5, 5.41) is 15.8. The zero-order valence-electron chi connectivity index (χ0n) is 22.8. The molecule has 0 aromatic carbocycles. The molecule has 0 bridgehead atoms. The second-order valence-corrected chi connectivity index (χ2v) is 11.7. The molecule has 1 fully saturated rings. The van der Waals surface area contributed by atoms with Crippen molar-refractivity contribution in [1.29, 1.82) is 0 Å². The maximum atomic E-state index is 10.1. The van der Waals surface area contributed by atoms with E-state index in [1.165, 1.54) is 27.6 Å². The maximum Gasteiger partial charge on any atom is 0.158 e. The van der Waals surface area contributed by atoms with Crippen molar-refractivity contribution in [1.82, 2.24) is 24.6 Å². The van der Waals surface area contributed by atoms with Gasteiger partial charge < -0.3 is 15.0 Å². The van der Waals surface area contributed by atoms with E-state index >= 15 is 0 Å². The fraction of sp³-hybridized carbons (Fsp3) is 0.552. The Kier molecular flexibility index (Phi) is 6.31. The van der Waals surface area contributed by atoms with E-state index in [9.17, 15) is 5.11 Å². The van der Waals surface area contributed by atoms with E-state index in [0.29, 0.717) is 11.8 Å². The first-order valence-corrected chi connectivity index (χ1v) is 13.3. The number of nitrogens with one attached hydrogen (secondary N) is 1. The highest BCUT2D eigenvalue weighted by Gasteiger charge is 2.26. The predicted octanol–water partition coefficient (Wildman–Crippen LogP) is 6.09. The fourth-order valence-electron chi connectivity index (χ4n) is 5.92. The number of nitrogens with zero attached hydrogens (tertiary/aromatic N) is 5. The number of fused-ring (bicyclic) bond motifs is 2. The molecule has 0 radical (unpaired) electrons. The molecular weight excluding hydrogens is 448 g/mol. The summed E-state index contributed by atoms with van der Waals surface area (Å²) in [6.07, 6.45) is 10.0. The minimum Gasteiger partial charge on any atom is -0.390 e. The van der Waals surface area contributed by atoms with Gasteiger partial charge in [0, 0.05) is 35.8 Å². The summed E-state index contributed by atoms with van der Waals surface area (Å²) >= 11 is 0. The Bertz CT molecular complexity index is 1400. The molecule has 5 heterocycles. The van der Waals surface area contributed by atoms with Gasteiger partial charge in [0.25, 0.3) is 0 Å². The molecule has 0 spiro atoms. The molecule has 5 rings (SSSR count). The third-order valence-electron chi connectivity index (χ3n) is 8.15. The van der Waals surface area contributed by atoms with Crippen LogP contribution in [-0.2, 0) is 0 Å². The minimum atomic E-state index is -0.575. The molecule has 4 aromatic rings. The van der Waals surface area contributed by atoms with E-state index in [1.807, 2.05) is 24.6 Å². The third-order valence-corrected chi connectivity index (χ3v) is 8.15. The van der Waals surface area contributed by atoms with Crippen LogP contribution in [-0.4, -0.2) is 48.4 Å². The Labute approximate surface area is 214 Å². The Morgan fingerprint density at radius 3 is 2.47 bits per heavy atom. The van der Waals surface area contributed by atoms with Gasteiger partial charge >= 0.3 is 0 Å². The van der Waals surface area contributed by atoms with E-state index in [0.717, 1.165) is 67.0 Å². The third kappa shape index (κ3) is 4.38. The molecule has 0 atom stereocenters. The average Bonchev–Trinajstić information content (AvgIpc) is 3.45. The van der Waals surface area contributed by atoms with Gasteiger partial charge in [-0.3, -0.25) is 0 Å². The highest BCUT2D eigenvalue weighted by molar-refractivity contribution is 5.96. The summed E-state index contributed by atoms with van der Waals surface area (Å²) in [7, 11) is 0. The second-order valence-electron chi connectivity index (χ2n) is 11.7. The summed E-state index contributed by atoms with van der Waals surface area (Å²) in [5.74, 6) is 2.14. The maximum absolute atomic E-state index is 10.1. The molecule has 36 heavy (non-hydrogen) atoms. The highest BCUT2D eigenvalue weighted by atomic mass is 16.3. The van der Waals surface area contributed by atoms with Crippen LogP contribution in [0.5, 0.6) is 0 Å². The van der Waals surface area contributed by atoms with Crippen LogP contribution in [0.1, 0.15) is 81.5 Å². The van der Waals surface area contributed by atoms with E-state index in [1.54, 1.807) is 6.33 Å². The van der Waals surface area contributed by atoms with Gasteiger partial charge in [-0.15, -0.1) is 0 Å². The smallest absolute Gasteiger partial charge is 0.158 e. The number of hydrogen-bond acceptors (Lipinski definition) is 5. The number of aromatic nitrogens is 5. The Balaban J connectivity index is 1.52. The van der Waals surface area contributed by atoms with Crippen LogP contribution in [0.3, 0.4) is 0 Å². The lowest BCUT2D eigenvalue weighted by atomic mass is 9.88. The Morgan fingerprint density at radius 2 is 1.81 bits per heavy atom. The predicted molar refractivity (Wildman–Crippen MR) is 147 cm³/mol. The summed E-state index contributed by atoms with van der Waals surface area (Å²) in [6.45, 7) is 16.9. The number of piperidine rings is 1. The monoisotopic (exact) mass is 488 g/mol. The van der Waals surface area contributed by atoms with Gasteiger partial charge in [-0.1, -0.05) is 13.8 Å². The molecule has 1 aliphatic heterocycles. The fourth-order valence-corrected chi connectivity index (χ4v) is 5.92. The van der Waals surface area contributed by atoms with E-state index in [2.05, 4.69) is 60.8 Å². The Hall–Kier alpha value is -2.93. The number of hydrogen-bond donors (Lipinski definition) is 2. The molecule has 0 amide bonds. The summed E-state index contributed by atoms with van der Waals surface area (Å²) < 4.78 is 1.88. The van der Waals surface area contributed by atoms with Crippen molar-refractivity contribution in [3.8, 4) is 11.3 Å². The number of rotatable bonds is 6. The first-order chi connectivity index (χ1) is 17.0. The molecule has 0 aliphatic carbocycles. The van der Waals surface area contributed by atoms with E-state index < -0.39 is 5.60 Å². The van der Waals surface area contributed by atoms with Gasteiger partial charge in [0.1, 0.15) is 12.1 Å². The van der Waals surface area contributed by atoms with Crippen LogP contribution in [0, 0.1) is 26.7 Å². The number of aliphatic hydroxyl groups is 1. The van der Waals surface area contributed by atoms with Gasteiger partial charge in [-0.2, -0.15) is 5.10 Å². The van der Waals surface area contributed by atoms with E-state index in [4.69, 9.17) is 4.98 Å². The normalized spacial score (nSPS) is 15.6. The van der Waals surface area contributed by atoms with Crippen LogP contribution in [0.2, 0.25) is 0 Å². The van der Waals surface area contributed by atoms with Gasteiger partial charge in [0.15, 0.2) is 5.65 Å². The Morgan fingerprint density at radius 1 is 1.08 bits per heavy atom.